The van der Waals surface area contributed by atoms with Crippen LogP contribution in [0.25, 0.3) is 0 Å². The summed E-state index contributed by atoms with van der Waals surface area (Å²) in [7, 11) is 4.33. The van der Waals surface area contributed by atoms with Crippen molar-refractivity contribution in [2.24, 2.45) is 10.8 Å². The molecule has 0 amide bonds. The average molecular weight is 293 g/mol. The van der Waals surface area contributed by atoms with Gasteiger partial charge in [-0.15, -0.1) is 0 Å². The summed E-state index contributed by atoms with van der Waals surface area (Å²) < 4.78 is 5.13. The summed E-state index contributed by atoms with van der Waals surface area (Å²) in [5.74, 6) is 0. The van der Waals surface area contributed by atoms with Crippen LogP contribution in [0.15, 0.2) is 0 Å². The van der Waals surface area contributed by atoms with E-state index >= 15 is 0 Å². The molecule has 0 saturated heterocycles. The van der Waals surface area contributed by atoms with E-state index in [4.69, 9.17) is 4.52 Å². The van der Waals surface area contributed by atoms with Gasteiger partial charge in [0.1, 0.15) is 0 Å². The van der Waals surface area contributed by atoms with E-state index < -0.39 is 0 Å². The zero-order valence-electron chi connectivity index (χ0n) is 15.0. The Bertz CT molecular complexity index is 152. The van der Waals surface area contributed by atoms with Gasteiger partial charge in [-0.25, -0.2) is 0 Å². The van der Waals surface area contributed by atoms with Gasteiger partial charge in [0.05, 0.1) is 6.61 Å². The van der Waals surface area contributed by atoms with E-state index in [0.29, 0.717) is 5.41 Å². The third-order valence-electron chi connectivity index (χ3n) is 2.59. The molecule has 0 aliphatic heterocycles. The molecule has 0 aromatic heterocycles. The zero-order chi connectivity index (χ0) is 15.9. The Hall–Kier alpha value is 0.350. The second kappa shape index (κ2) is 14.8. The fourth-order valence-electron chi connectivity index (χ4n) is 2.11. The lowest BCUT2D eigenvalue weighted by atomic mass is 9.75. The molecule has 120 valence electrons. The molecule has 0 radical (unpaired) electrons. The van der Waals surface area contributed by atoms with Crippen LogP contribution in [0.5, 0.6) is 0 Å². The first-order valence-electron chi connectivity index (χ1n) is 7.71. The third kappa shape index (κ3) is 20.8. The lowest BCUT2D eigenvalue weighted by Crippen LogP contribution is -2.33. The van der Waals surface area contributed by atoms with Crippen LogP contribution < -0.4 is 5.32 Å². The minimum Gasteiger partial charge on any atom is -0.365 e. The molecular formula is C16H40NOP. The Morgan fingerprint density at radius 1 is 0.947 bits per heavy atom. The van der Waals surface area contributed by atoms with Gasteiger partial charge in [0.15, 0.2) is 0 Å². The summed E-state index contributed by atoms with van der Waals surface area (Å²) in [5.41, 5.74) is 0.587. The van der Waals surface area contributed by atoms with Crippen LogP contribution >= 0.6 is 9.47 Å². The topological polar surface area (TPSA) is 21.3 Å². The molecule has 19 heavy (non-hydrogen) atoms. The van der Waals surface area contributed by atoms with Crippen LogP contribution in [0.1, 0.15) is 74.7 Å². The zero-order valence-corrected chi connectivity index (χ0v) is 16.2. The highest BCUT2D eigenvalue weighted by Crippen LogP contribution is 2.33. The first kappa shape index (κ1) is 24.4. The van der Waals surface area contributed by atoms with Crippen LogP contribution in [0.2, 0.25) is 0 Å². The summed E-state index contributed by atoms with van der Waals surface area (Å²) in [6.45, 7) is 19.3. The van der Waals surface area contributed by atoms with Gasteiger partial charge in [-0.05, 0) is 30.8 Å². The molecule has 1 N–H and O–H groups in total. The standard InChI is InChI=1S/C10H24NOP.C4H10.C2H6/c1-9(2,7-11-5)6-10(3,4)8-12-13;1-3-4-2;1-2/h11H,6-8,13H2,1-5H3;3-4H2,1-2H3;1-2H3. The molecule has 0 aliphatic carbocycles. The van der Waals surface area contributed by atoms with Gasteiger partial charge >= 0.3 is 0 Å². The van der Waals surface area contributed by atoms with E-state index in [0.717, 1.165) is 19.6 Å². The smallest absolute Gasteiger partial charge is 0.0553 e. The lowest BCUT2D eigenvalue weighted by molar-refractivity contribution is 0.129. The Morgan fingerprint density at radius 3 is 1.63 bits per heavy atom. The van der Waals surface area contributed by atoms with Gasteiger partial charge in [0.25, 0.3) is 0 Å². The highest BCUT2D eigenvalue weighted by atomic mass is 31.0. The van der Waals surface area contributed by atoms with E-state index in [9.17, 15) is 0 Å². The van der Waals surface area contributed by atoms with Crippen molar-refractivity contribution < 1.29 is 4.52 Å². The number of unbranched alkanes of at least 4 members (excludes halogenated alkanes) is 1. The Kier molecular flexibility index (Phi) is 18.9. The summed E-state index contributed by atoms with van der Waals surface area (Å²) in [6.07, 6.45) is 3.80. The fraction of sp³-hybridized carbons (Fsp3) is 1.00. The lowest BCUT2D eigenvalue weighted by Gasteiger charge is -2.34. The first-order valence-corrected chi connectivity index (χ1v) is 8.18. The maximum atomic E-state index is 5.13. The van der Waals surface area contributed by atoms with Gasteiger partial charge < -0.3 is 9.84 Å². The second-order valence-electron chi connectivity index (χ2n) is 6.35. The first-order chi connectivity index (χ1) is 8.74. The van der Waals surface area contributed by atoms with Crippen LogP contribution in [0, 0.1) is 10.8 Å². The van der Waals surface area contributed by atoms with Gasteiger partial charge in [-0.2, -0.15) is 0 Å². The van der Waals surface area contributed by atoms with Crippen LogP contribution in [-0.4, -0.2) is 20.2 Å². The number of nitrogens with one attached hydrogen (secondary N) is 1. The number of hydrogen-bond donors (Lipinski definition) is 1. The SMILES string of the molecule is CC.CCCC.CNCC(C)(C)CC(C)(C)COP. The van der Waals surface area contributed by atoms with Gasteiger partial charge in [0, 0.05) is 9.47 Å². The molecule has 0 bridgehead atoms. The Balaban J connectivity index is -0.000000361. The van der Waals surface area contributed by atoms with Gasteiger partial charge in [0.2, 0.25) is 0 Å². The largest absolute Gasteiger partial charge is 0.365 e. The summed E-state index contributed by atoms with van der Waals surface area (Å²) in [6, 6.07) is 0. The maximum absolute atomic E-state index is 5.13. The van der Waals surface area contributed by atoms with Crippen molar-refractivity contribution in [1.29, 1.82) is 0 Å². The van der Waals surface area contributed by atoms with Crippen LogP contribution in [0.4, 0.5) is 0 Å². The van der Waals surface area contributed by atoms with Crippen LogP contribution in [-0.2, 0) is 4.52 Å². The highest BCUT2D eigenvalue weighted by molar-refractivity contribution is 7.09. The number of rotatable bonds is 7. The Labute approximate surface area is 125 Å². The van der Waals surface area contributed by atoms with Crippen molar-refractivity contribution in [3.05, 3.63) is 0 Å². The van der Waals surface area contributed by atoms with Crippen molar-refractivity contribution in [3.8, 4) is 0 Å². The molecule has 0 spiro atoms. The quantitative estimate of drug-likeness (QED) is 0.644. The Morgan fingerprint density at radius 2 is 1.37 bits per heavy atom. The molecule has 0 heterocycles. The minimum atomic E-state index is 0.252. The van der Waals surface area contributed by atoms with Crippen molar-refractivity contribution in [3.63, 3.8) is 0 Å². The maximum Gasteiger partial charge on any atom is 0.0553 e. The normalized spacial score (nSPS) is 11.1. The molecule has 0 saturated carbocycles. The highest BCUT2D eigenvalue weighted by Gasteiger charge is 2.28. The fourth-order valence-corrected chi connectivity index (χ4v) is 2.56. The summed E-state index contributed by atoms with van der Waals surface area (Å²) >= 11 is 0. The van der Waals surface area contributed by atoms with Crippen molar-refractivity contribution in [2.45, 2.75) is 74.7 Å². The molecule has 1 unspecified atom stereocenters. The molecule has 0 rings (SSSR count). The van der Waals surface area contributed by atoms with E-state index in [1.54, 1.807) is 0 Å². The molecule has 2 nitrogen and oxygen atoms in total. The molecule has 0 aromatic rings. The van der Waals surface area contributed by atoms with Crippen LogP contribution in [0.3, 0.4) is 0 Å². The van der Waals surface area contributed by atoms with Gasteiger partial charge in [-0.1, -0.05) is 68.2 Å². The monoisotopic (exact) mass is 293 g/mol. The molecule has 0 aliphatic rings. The predicted octanol–water partition coefficient (Wildman–Crippen LogP) is 5.29. The minimum absolute atomic E-state index is 0.252. The molecular weight excluding hydrogens is 253 g/mol. The van der Waals surface area contributed by atoms with E-state index in [-0.39, 0.29) is 5.41 Å². The van der Waals surface area contributed by atoms with Crippen molar-refractivity contribution in [1.82, 2.24) is 5.32 Å². The van der Waals surface area contributed by atoms with Crippen molar-refractivity contribution in [2.75, 3.05) is 20.2 Å². The van der Waals surface area contributed by atoms with Gasteiger partial charge in [-0.3, -0.25) is 0 Å². The second-order valence-corrected chi connectivity index (χ2v) is 6.68. The van der Waals surface area contributed by atoms with Crippen molar-refractivity contribution >= 4 is 9.47 Å². The summed E-state index contributed by atoms with van der Waals surface area (Å²) in [4.78, 5) is 0. The predicted molar refractivity (Wildman–Crippen MR) is 93.7 cm³/mol. The molecule has 1 atom stereocenters. The third-order valence-corrected chi connectivity index (χ3v) is 2.75. The summed E-state index contributed by atoms with van der Waals surface area (Å²) in [5, 5.41) is 3.23. The van der Waals surface area contributed by atoms with E-state index in [1.165, 1.54) is 12.8 Å². The molecule has 3 heteroatoms. The number of hydrogen-bond acceptors (Lipinski definition) is 2. The van der Waals surface area contributed by atoms with E-state index in [2.05, 4.69) is 56.3 Å². The average Bonchev–Trinajstić information content (AvgIpc) is 2.30. The molecule has 0 fully saturated rings. The van der Waals surface area contributed by atoms with E-state index in [1.807, 2.05) is 20.9 Å². The molecule has 0 aromatic carbocycles.